The number of methoxy groups -OCH3 is 1. The van der Waals surface area contributed by atoms with Crippen LogP contribution in [0.15, 0.2) is 66.7 Å². The molecule has 0 aliphatic heterocycles. The van der Waals surface area contributed by atoms with Gasteiger partial charge in [0.25, 0.3) is 5.91 Å². The molecule has 0 saturated heterocycles. The maximum absolute atomic E-state index is 12.2. The van der Waals surface area contributed by atoms with Crippen LogP contribution in [-0.4, -0.2) is 34.4 Å². The first kappa shape index (κ1) is 22.9. The van der Waals surface area contributed by atoms with E-state index in [1.165, 1.54) is 7.11 Å². The summed E-state index contributed by atoms with van der Waals surface area (Å²) in [4.78, 5) is 16.6. The summed E-state index contributed by atoms with van der Waals surface area (Å²) in [5.74, 6) is 0.787. The van der Waals surface area contributed by atoms with E-state index in [0.717, 1.165) is 5.56 Å². The highest BCUT2D eigenvalue weighted by Gasteiger charge is 2.15. The molecule has 1 aromatic heterocycles. The molecule has 1 heterocycles. The molecule has 4 rings (SSSR count). The van der Waals surface area contributed by atoms with Crippen molar-refractivity contribution in [3.05, 3.63) is 81.8 Å². The molecule has 10 heteroatoms. The lowest BCUT2D eigenvalue weighted by atomic mass is 10.2. The largest absolute Gasteiger partial charge is 0.484 e. The summed E-state index contributed by atoms with van der Waals surface area (Å²) >= 11 is 18.0. The average Bonchev–Trinajstić information content (AvgIpc) is 3.25. The monoisotopic (exact) mass is 502 g/mol. The van der Waals surface area contributed by atoms with Gasteiger partial charge in [-0.2, -0.15) is 4.98 Å². The van der Waals surface area contributed by atoms with Gasteiger partial charge in [-0.15, -0.1) is 5.10 Å². The van der Waals surface area contributed by atoms with E-state index in [9.17, 15) is 4.79 Å². The zero-order chi connectivity index (χ0) is 23.4. The number of carbonyl (C=O) groups is 1. The Kier molecular flexibility index (Phi) is 7.03. The molecule has 0 spiro atoms. The fraction of sp³-hybridized carbons (Fsp3) is 0.0870. The number of hydrogen-bond donors (Lipinski definition) is 1. The molecule has 0 saturated carbocycles. The maximum atomic E-state index is 12.2. The zero-order valence-corrected chi connectivity index (χ0v) is 19.5. The highest BCUT2D eigenvalue weighted by Crippen LogP contribution is 2.30. The van der Waals surface area contributed by atoms with E-state index in [1.54, 1.807) is 71.4 Å². The molecule has 7 nitrogen and oxygen atoms in total. The third-order valence-corrected chi connectivity index (χ3v) is 5.52. The van der Waals surface area contributed by atoms with Gasteiger partial charge in [-0.25, -0.2) is 4.68 Å². The highest BCUT2D eigenvalue weighted by molar-refractivity contribution is 6.42. The van der Waals surface area contributed by atoms with E-state index < -0.39 is 0 Å². The van der Waals surface area contributed by atoms with Crippen molar-refractivity contribution < 1.29 is 14.3 Å². The summed E-state index contributed by atoms with van der Waals surface area (Å²) in [6, 6.07) is 19.3. The molecule has 0 aliphatic carbocycles. The SMILES string of the molecule is COc1nc(-c2ccc(Cl)c(Cl)c2)n(-c2ccc(NC(=O)COc3ccc(Cl)cc3)cc2)n1. The molecular formula is C23H17Cl3N4O3. The van der Waals surface area contributed by atoms with E-state index in [-0.39, 0.29) is 18.5 Å². The number of nitrogens with one attached hydrogen (secondary N) is 1. The van der Waals surface area contributed by atoms with E-state index in [0.29, 0.717) is 38.0 Å². The van der Waals surface area contributed by atoms with Crippen LogP contribution in [0.5, 0.6) is 11.8 Å². The number of ether oxygens (including phenoxy) is 2. The van der Waals surface area contributed by atoms with Crippen LogP contribution in [-0.2, 0) is 4.79 Å². The van der Waals surface area contributed by atoms with Crippen molar-refractivity contribution in [2.75, 3.05) is 19.0 Å². The lowest BCUT2D eigenvalue weighted by molar-refractivity contribution is -0.118. The summed E-state index contributed by atoms with van der Waals surface area (Å²) in [6.07, 6.45) is 0. The number of hydrogen-bond acceptors (Lipinski definition) is 5. The smallest absolute Gasteiger partial charge is 0.336 e. The molecule has 33 heavy (non-hydrogen) atoms. The number of benzene rings is 3. The second-order valence-electron chi connectivity index (χ2n) is 6.80. The Hall–Kier alpha value is -3.26. The fourth-order valence-corrected chi connectivity index (χ4v) is 3.37. The van der Waals surface area contributed by atoms with Gasteiger partial charge in [0.05, 0.1) is 22.8 Å². The third kappa shape index (κ3) is 5.57. The number of amides is 1. The Morgan fingerprint density at radius 1 is 0.970 bits per heavy atom. The van der Waals surface area contributed by atoms with Crippen molar-refractivity contribution in [2.24, 2.45) is 0 Å². The first-order valence-electron chi connectivity index (χ1n) is 9.68. The lowest BCUT2D eigenvalue weighted by Gasteiger charge is -2.10. The first-order chi connectivity index (χ1) is 15.9. The van der Waals surface area contributed by atoms with Crippen LogP contribution in [0.2, 0.25) is 15.1 Å². The summed E-state index contributed by atoms with van der Waals surface area (Å²) in [5, 5.41) is 8.61. The minimum absolute atomic E-state index is 0.134. The standard InChI is InChI=1S/C23H17Cl3N4O3/c1-32-23-28-22(14-2-11-19(25)20(26)12-14)30(29-23)17-7-5-16(6-8-17)27-21(31)13-33-18-9-3-15(24)4-10-18/h2-12H,13H2,1H3,(H,27,31). The second kappa shape index (κ2) is 10.1. The predicted molar refractivity (Wildman–Crippen MR) is 129 cm³/mol. The summed E-state index contributed by atoms with van der Waals surface area (Å²) in [5.41, 5.74) is 2.03. The van der Waals surface area contributed by atoms with Gasteiger partial charge in [0, 0.05) is 16.3 Å². The molecule has 0 unspecified atom stereocenters. The van der Waals surface area contributed by atoms with Crippen LogP contribution < -0.4 is 14.8 Å². The van der Waals surface area contributed by atoms with Gasteiger partial charge >= 0.3 is 6.01 Å². The van der Waals surface area contributed by atoms with Gasteiger partial charge in [-0.3, -0.25) is 4.79 Å². The molecule has 0 fully saturated rings. The topological polar surface area (TPSA) is 78.3 Å². The summed E-state index contributed by atoms with van der Waals surface area (Å²) in [6.45, 7) is -0.134. The molecule has 0 radical (unpaired) electrons. The van der Waals surface area contributed by atoms with Gasteiger partial charge in [0.2, 0.25) is 0 Å². The van der Waals surface area contributed by atoms with E-state index in [2.05, 4.69) is 15.4 Å². The van der Waals surface area contributed by atoms with Crippen molar-refractivity contribution in [3.63, 3.8) is 0 Å². The molecule has 3 aromatic carbocycles. The van der Waals surface area contributed by atoms with Gasteiger partial charge in [-0.1, -0.05) is 34.8 Å². The summed E-state index contributed by atoms with van der Waals surface area (Å²) in [7, 11) is 1.49. The number of rotatable bonds is 7. The Labute approximate surface area is 204 Å². The Morgan fingerprint density at radius 2 is 1.70 bits per heavy atom. The molecule has 4 aromatic rings. The predicted octanol–water partition coefficient (Wildman–Crippen LogP) is 5.92. The molecule has 0 bridgehead atoms. The maximum Gasteiger partial charge on any atom is 0.336 e. The van der Waals surface area contributed by atoms with Crippen LogP contribution in [0, 0.1) is 0 Å². The minimum atomic E-state index is -0.295. The zero-order valence-electron chi connectivity index (χ0n) is 17.3. The van der Waals surface area contributed by atoms with Crippen LogP contribution in [0.1, 0.15) is 0 Å². The van der Waals surface area contributed by atoms with Crippen LogP contribution in [0.25, 0.3) is 17.1 Å². The van der Waals surface area contributed by atoms with Gasteiger partial charge in [0.1, 0.15) is 5.75 Å². The number of anilines is 1. The van der Waals surface area contributed by atoms with Crippen molar-refractivity contribution in [2.45, 2.75) is 0 Å². The van der Waals surface area contributed by atoms with Crippen molar-refractivity contribution in [1.82, 2.24) is 14.8 Å². The molecule has 0 aliphatic rings. The number of nitrogens with zero attached hydrogens (tertiary/aromatic N) is 3. The third-order valence-electron chi connectivity index (χ3n) is 4.53. The van der Waals surface area contributed by atoms with Gasteiger partial charge < -0.3 is 14.8 Å². The van der Waals surface area contributed by atoms with Crippen molar-refractivity contribution in [1.29, 1.82) is 0 Å². The minimum Gasteiger partial charge on any atom is -0.484 e. The van der Waals surface area contributed by atoms with Crippen molar-refractivity contribution in [3.8, 4) is 28.8 Å². The average molecular weight is 504 g/mol. The van der Waals surface area contributed by atoms with Crippen LogP contribution in [0.4, 0.5) is 5.69 Å². The molecule has 1 N–H and O–H groups in total. The summed E-state index contributed by atoms with van der Waals surface area (Å²) < 4.78 is 12.3. The number of carbonyl (C=O) groups excluding carboxylic acids is 1. The van der Waals surface area contributed by atoms with Crippen molar-refractivity contribution >= 4 is 46.4 Å². The molecule has 0 atom stereocenters. The quantitative estimate of drug-likeness (QED) is 0.339. The van der Waals surface area contributed by atoms with Gasteiger partial charge in [-0.05, 0) is 66.7 Å². The number of halogens is 3. The van der Waals surface area contributed by atoms with Crippen LogP contribution in [0.3, 0.4) is 0 Å². The molecule has 1 amide bonds. The van der Waals surface area contributed by atoms with E-state index in [1.807, 2.05) is 0 Å². The molecule has 168 valence electrons. The molecular weight excluding hydrogens is 487 g/mol. The second-order valence-corrected chi connectivity index (χ2v) is 8.05. The Bertz CT molecular complexity index is 1280. The Balaban J connectivity index is 1.48. The highest BCUT2D eigenvalue weighted by atomic mass is 35.5. The van der Waals surface area contributed by atoms with Gasteiger partial charge in [0.15, 0.2) is 12.4 Å². The van der Waals surface area contributed by atoms with E-state index in [4.69, 9.17) is 44.3 Å². The Morgan fingerprint density at radius 3 is 2.36 bits per heavy atom. The first-order valence-corrected chi connectivity index (χ1v) is 10.8. The fourth-order valence-electron chi connectivity index (χ4n) is 2.94. The lowest BCUT2D eigenvalue weighted by Crippen LogP contribution is -2.20. The normalized spacial score (nSPS) is 10.7. The van der Waals surface area contributed by atoms with E-state index >= 15 is 0 Å². The van der Waals surface area contributed by atoms with Crippen LogP contribution >= 0.6 is 34.8 Å². The number of aromatic nitrogens is 3.